The number of aliphatic hydroxyl groups is 1. The van der Waals surface area contributed by atoms with Crippen molar-refractivity contribution < 1.29 is 38.9 Å². The number of aliphatic hydroxyl groups excluding tert-OH is 1. The second-order valence-electron chi connectivity index (χ2n) is 7.93. The first-order valence-electron chi connectivity index (χ1n) is 10.6. The molecule has 2 heterocycles. The summed E-state index contributed by atoms with van der Waals surface area (Å²) in [5, 5.41) is 19.6. The van der Waals surface area contributed by atoms with E-state index in [4.69, 9.17) is 9.47 Å². The predicted octanol–water partition coefficient (Wildman–Crippen LogP) is 1.21. The zero-order valence-electron chi connectivity index (χ0n) is 18.9. The third-order valence-electron chi connectivity index (χ3n) is 5.54. The van der Waals surface area contributed by atoms with Crippen LogP contribution in [0.2, 0.25) is 0 Å². The number of nitrogens with zero attached hydrogens (tertiary/aromatic N) is 3. The molecular formula is C22H31N3O8. The summed E-state index contributed by atoms with van der Waals surface area (Å²) < 4.78 is 10.1. The number of hydrogen-bond donors (Lipinski definition) is 2. The number of carboxylic acids is 1. The van der Waals surface area contributed by atoms with E-state index in [0.29, 0.717) is 12.0 Å². The van der Waals surface area contributed by atoms with Gasteiger partial charge in [0, 0.05) is 26.7 Å². The van der Waals surface area contributed by atoms with Gasteiger partial charge in [-0.25, -0.2) is 14.4 Å². The molecule has 2 aliphatic heterocycles. The van der Waals surface area contributed by atoms with Crippen molar-refractivity contribution in [1.29, 1.82) is 0 Å². The molecule has 0 radical (unpaired) electrons. The summed E-state index contributed by atoms with van der Waals surface area (Å²) in [6, 6.07) is -0.449. The average molecular weight is 466 g/mol. The van der Waals surface area contributed by atoms with Crippen LogP contribution in [-0.4, -0.2) is 101 Å². The van der Waals surface area contributed by atoms with Gasteiger partial charge in [0.1, 0.15) is 18.9 Å². The second-order valence-corrected chi connectivity index (χ2v) is 7.93. The van der Waals surface area contributed by atoms with Crippen LogP contribution in [0.25, 0.3) is 0 Å². The monoisotopic (exact) mass is 465 g/mol. The molecule has 2 rings (SSSR count). The van der Waals surface area contributed by atoms with Gasteiger partial charge in [-0.1, -0.05) is 25.3 Å². The number of carbonyl (C=O) groups excluding carboxylic acids is 3. The van der Waals surface area contributed by atoms with E-state index >= 15 is 0 Å². The maximum Gasteiger partial charge on any atom is 0.410 e. The van der Waals surface area contributed by atoms with Crippen LogP contribution in [-0.2, 0) is 19.1 Å². The number of amides is 3. The van der Waals surface area contributed by atoms with Gasteiger partial charge in [0.15, 0.2) is 0 Å². The molecule has 0 spiro atoms. The van der Waals surface area contributed by atoms with Gasteiger partial charge in [0.2, 0.25) is 5.91 Å². The molecule has 182 valence electrons. The lowest BCUT2D eigenvalue weighted by atomic mass is 9.83. The fourth-order valence-corrected chi connectivity index (χ4v) is 4.02. The molecule has 11 nitrogen and oxygen atoms in total. The first-order valence-corrected chi connectivity index (χ1v) is 10.6. The maximum absolute atomic E-state index is 12.6. The quantitative estimate of drug-likeness (QED) is 0.324. The maximum atomic E-state index is 12.6. The predicted molar refractivity (Wildman–Crippen MR) is 117 cm³/mol. The number of aliphatic carboxylic acids is 1. The summed E-state index contributed by atoms with van der Waals surface area (Å²) in [6.07, 6.45) is 1.37. The standard InChI is InChI=1S/C22H31N3O8/c1-5-10-32-21(30)23(4)8-7-9-24(22(31)33-11-6-2)13-15-12-16-17(14(3)26)19(27)25(16)18(15)20(28)29/h5-6,14,16-17,26H,1-2,7-13H2,3-4H3,(H,28,29)/t14-,16-,17-/m1/s1. The van der Waals surface area contributed by atoms with E-state index in [2.05, 4.69) is 13.2 Å². The average Bonchev–Trinajstić information content (AvgIpc) is 3.08. The lowest BCUT2D eigenvalue weighted by molar-refractivity contribution is -0.161. The topological polar surface area (TPSA) is 137 Å². The highest BCUT2D eigenvalue weighted by Gasteiger charge is 2.56. The fourth-order valence-electron chi connectivity index (χ4n) is 4.02. The first kappa shape index (κ1) is 25.9. The smallest absolute Gasteiger partial charge is 0.410 e. The Labute approximate surface area is 192 Å². The Hall–Kier alpha value is -3.34. The third-order valence-corrected chi connectivity index (χ3v) is 5.54. The highest BCUT2D eigenvalue weighted by molar-refractivity contribution is 5.99. The number of fused-ring (bicyclic) bond motifs is 1. The van der Waals surface area contributed by atoms with Crippen molar-refractivity contribution in [2.24, 2.45) is 5.92 Å². The molecule has 11 heteroatoms. The number of β-lactam (4-membered cyclic amide) rings is 1. The van der Waals surface area contributed by atoms with Crippen molar-refractivity contribution in [1.82, 2.24) is 14.7 Å². The third kappa shape index (κ3) is 5.92. The molecule has 0 aromatic rings. The highest BCUT2D eigenvalue weighted by atomic mass is 16.6. The largest absolute Gasteiger partial charge is 0.477 e. The summed E-state index contributed by atoms with van der Waals surface area (Å²) in [6.45, 7) is 8.93. The molecule has 0 unspecified atom stereocenters. The van der Waals surface area contributed by atoms with Gasteiger partial charge in [0.05, 0.1) is 18.1 Å². The minimum atomic E-state index is -1.27. The number of rotatable bonds is 12. The Morgan fingerprint density at radius 3 is 2.33 bits per heavy atom. The number of hydrogen-bond acceptors (Lipinski definition) is 7. The summed E-state index contributed by atoms with van der Waals surface area (Å²) in [7, 11) is 1.56. The van der Waals surface area contributed by atoms with E-state index in [1.54, 1.807) is 7.05 Å². The van der Waals surface area contributed by atoms with Gasteiger partial charge in [-0.3, -0.25) is 4.79 Å². The van der Waals surface area contributed by atoms with E-state index in [0.717, 1.165) is 0 Å². The normalized spacial score (nSPS) is 19.8. The van der Waals surface area contributed by atoms with E-state index < -0.39 is 42.1 Å². The van der Waals surface area contributed by atoms with Crippen molar-refractivity contribution in [2.75, 3.05) is 39.9 Å². The minimum Gasteiger partial charge on any atom is -0.477 e. The number of carbonyl (C=O) groups is 4. The Kier molecular flexibility index (Phi) is 9.03. The lowest BCUT2D eigenvalue weighted by Gasteiger charge is -2.44. The van der Waals surface area contributed by atoms with E-state index in [9.17, 15) is 29.4 Å². The lowest BCUT2D eigenvalue weighted by Crippen LogP contribution is -2.61. The van der Waals surface area contributed by atoms with E-state index in [-0.39, 0.29) is 45.0 Å². The summed E-state index contributed by atoms with van der Waals surface area (Å²) >= 11 is 0. The molecule has 1 fully saturated rings. The van der Waals surface area contributed by atoms with Gasteiger partial charge < -0.3 is 34.4 Å². The van der Waals surface area contributed by atoms with Gasteiger partial charge in [-0.05, 0) is 25.3 Å². The van der Waals surface area contributed by atoms with Crippen LogP contribution in [0.4, 0.5) is 9.59 Å². The van der Waals surface area contributed by atoms with Gasteiger partial charge in [0.25, 0.3) is 0 Å². The Morgan fingerprint density at radius 2 is 1.79 bits per heavy atom. The Balaban J connectivity index is 2.11. The van der Waals surface area contributed by atoms with Crippen LogP contribution in [0.1, 0.15) is 19.8 Å². The molecule has 0 bridgehead atoms. The molecule has 33 heavy (non-hydrogen) atoms. The van der Waals surface area contributed by atoms with Gasteiger partial charge in [-0.15, -0.1) is 0 Å². The number of ether oxygens (including phenoxy) is 2. The van der Waals surface area contributed by atoms with Crippen molar-refractivity contribution in [3.05, 3.63) is 36.6 Å². The Bertz CT molecular complexity index is 837. The molecule has 0 aromatic carbocycles. The van der Waals surface area contributed by atoms with Crippen LogP contribution in [0.15, 0.2) is 36.6 Å². The van der Waals surface area contributed by atoms with Crippen LogP contribution in [0, 0.1) is 5.92 Å². The molecular weight excluding hydrogens is 434 g/mol. The number of carboxylic acid groups (broad SMARTS) is 1. The summed E-state index contributed by atoms with van der Waals surface area (Å²) in [5.74, 6) is -2.38. The zero-order valence-corrected chi connectivity index (χ0v) is 18.9. The molecule has 2 N–H and O–H groups in total. The van der Waals surface area contributed by atoms with Crippen LogP contribution < -0.4 is 0 Å². The van der Waals surface area contributed by atoms with Crippen LogP contribution in [0.5, 0.6) is 0 Å². The van der Waals surface area contributed by atoms with Crippen LogP contribution >= 0.6 is 0 Å². The van der Waals surface area contributed by atoms with Crippen molar-refractivity contribution in [2.45, 2.75) is 31.9 Å². The SMILES string of the molecule is C=CCOC(=O)N(C)CCCN(CC1=C(C(=O)O)N2C(=O)[C@H]([C@@H](C)O)[C@H]2C1)C(=O)OCC=C. The summed E-state index contributed by atoms with van der Waals surface area (Å²) in [5.41, 5.74) is 0.242. The molecule has 0 aliphatic carbocycles. The van der Waals surface area contributed by atoms with Crippen LogP contribution in [0.3, 0.4) is 0 Å². The van der Waals surface area contributed by atoms with Crippen molar-refractivity contribution in [3.63, 3.8) is 0 Å². The molecule has 0 aromatic heterocycles. The molecule has 3 amide bonds. The molecule has 0 saturated carbocycles. The van der Waals surface area contributed by atoms with Crippen molar-refractivity contribution in [3.8, 4) is 0 Å². The zero-order chi connectivity index (χ0) is 24.7. The van der Waals surface area contributed by atoms with Crippen molar-refractivity contribution >= 4 is 24.1 Å². The first-order chi connectivity index (χ1) is 15.6. The van der Waals surface area contributed by atoms with Gasteiger partial charge >= 0.3 is 18.2 Å². The molecule has 2 aliphatic rings. The van der Waals surface area contributed by atoms with E-state index in [1.165, 1.54) is 33.8 Å². The summed E-state index contributed by atoms with van der Waals surface area (Å²) in [4.78, 5) is 52.6. The Morgan fingerprint density at radius 1 is 1.18 bits per heavy atom. The second kappa shape index (κ2) is 11.5. The van der Waals surface area contributed by atoms with Gasteiger partial charge in [-0.2, -0.15) is 0 Å². The fraction of sp³-hybridized carbons (Fsp3) is 0.545. The van der Waals surface area contributed by atoms with E-state index in [1.807, 2.05) is 0 Å². The highest BCUT2D eigenvalue weighted by Crippen LogP contribution is 2.43. The minimum absolute atomic E-state index is 0.0225. The molecule has 3 atom stereocenters. The molecule has 1 saturated heterocycles.